The van der Waals surface area contributed by atoms with Gasteiger partial charge < -0.3 is 25.0 Å². The first kappa shape index (κ1) is 25.0. The van der Waals surface area contributed by atoms with Gasteiger partial charge in [-0.15, -0.1) is 0 Å². The summed E-state index contributed by atoms with van der Waals surface area (Å²) in [5.74, 6) is -1.09. The van der Waals surface area contributed by atoms with Crippen LogP contribution in [0.25, 0.3) is 0 Å². The summed E-state index contributed by atoms with van der Waals surface area (Å²) < 4.78 is 52.2. The summed E-state index contributed by atoms with van der Waals surface area (Å²) in [6.45, 7) is 1.08. The molecular weight excluding hydrogens is 468 g/mol. The minimum atomic E-state index is -3.34. The Morgan fingerprint density at radius 1 is 1.27 bits per heavy atom. The van der Waals surface area contributed by atoms with Gasteiger partial charge in [0.05, 0.1) is 33.3 Å². The summed E-state index contributed by atoms with van der Waals surface area (Å²) in [6.07, 6.45) is 5.60. The van der Waals surface area contributed by atoms with Crippen molar-refractivity contribution in [2.45, 2.75) is 47.9 Å². The Bertz CT molecular complexity index is 1150. The number of carboxylic acids is 1. The molecule has 11 heteroatoms. The van der Waals surface area contributed by atoms with Crippen LogP contribution in [0.1, 0.15) is 42.5 Å². The number of carboxylic acid groups (broad SMARTS) is 1. The van der Waals surface area contributed by atoms with Gasteiger partial charge in [0.2, 0.25) is 0 Å². The smallest absolute Gasteiger partial charge is 0.335 e. The Balaban J connectivity index is 1.65. The molecule has 9 nitrogen and oxygen atoms in total. The number of anilines is 2. The second-order valence-corrected chi connectivity index (χ2v) is 11.0. The molecule has 1 heterocycles. The molecule has 0 spiro atoms. The van der Waals surface area contributed by atoms with Crippen LogP contribution in [0, 0.1) is 0 Å². The molecule has 0 radical (unpaired) electrons. The molecule has 2 aromatic rings. The number of hydrogen-bond acceptors (Lipinski definition) is 8. The molecular formula is C22H27N2O7S2-. The number of nitrogens with two attached hydrogens (primary N) is 1. The molecule has 3 N–H and O–H groups in total. The van der Waals surface area contributed by atoms with Crippen LogP contribution in [0.5, 0.6) is 5.75 Å². The second kappa shape index (κ2) is 10.5. The lowest BCUT2D eigenvalue weighted by Crippen LogP contribution is -2.40. The molecule has 1 aliphatic heterocycles. The van der Waals surface area contributed by atoms with Gasteiger partial charge in [0.15, 0.2) is 9.84 Å². The van der Waals surface area contributed by atoms with Crippen molar-refractivity contribution in [3.05, 3.63) is 42.0 Å². The Kier molecular flexibility index (Phi) is 7.98. The number of carbonyl (C=O) groups is 1. The zero-order valence-corrected chi connectivity index (χ0v) is 19.9. The Morgan fingerprint density at radius 3 is 2.67 bits per heavy atom. The third kappa shape index (κ3) is 6.24. The predicted octanol–water partition coefficient (Wildman–Crippen LogP) is 2.83. The summed E-state index contributed by atoms with van der Waals surface area (Å²) in [6, 6.07) is 8.74. The quantitative estimate of drug-likeness (QED) is 0.304. The third-order valence-electron chi connectivity index (χ3n) is 5.67. The van der Waals surface area contributed by atoms with E-state index in [1.807, 2.05) is 0 Å². The normalized spacial score (nSPS) is 17.5. The van der Waals surface area contributed by atoms with E-state index < -0.39 is 26.9 Å². The molecule has 0 saturated carbocycles. The molecule has 1 fully saturated rings. The number of piperidine rings is 1. The number of aromatic carboxylic acids is 1. The lowest BCUT2D eigenvalue weighted by molar-refractivity contribution is 0.0696. The highest BCUT2D eigenvalue weighted by molar-refractivity contribution is 7.90. The first-order chi connectivity index (χ1) is 15.6. The van der Waals surface area contributed by atoms with E-state index in [1.165, 1.54) is 18.2 Å². The van der Waals surface area contributed by atoms with E-state index in [9.17, 15) is 22.0 Å². The highest BCUT2D eigenvalue weighted by Gasteiger charge is 2.24. The average Bonchev–Trinajstić information content (AvgIpc) is 2.76. The third-order valence-corrected chi connectivity index (χ3v) is 7.46. The van der Waals surface area contributed by atoms with Crippen molar-refractivity contribution in [3.63, 3.8) is 0 Å². The van der Waals surface area contributed by atoms with Crippen molar-refractivity contribution >= 4 is 38.3 Å². The SMILES string of the molecule is CS(=O)(=O)c1ccc(N2CCCCC2CCCOc2ccc(C(=O)O)cc2S(=O)[O-])c(N)c1. The van der Waals surface area contributed by atoms with E-state index in [0.29, 0.717) is 12.1 Å². The lowest BCUT2D eigenvalue weighted by Gasteiger charge is -2.38. The van der Waals surface area contributed by atoms with Crippen LogP contribution >= 0.6 is 0 Å². The highest BCUT2D eigenvalue weighted by Crippen LogP contribution is 2.33. The fourth-order valence-corrected chi connectivity index (χ4v) is 5.21. The standard InChI is InChI=1S/C22H28N2O7S2/c1-33(29,30)17-8-9-19(18(23)14-17)24-11-3-2-5-16(24)6-4-12-31-20-10-7-15(22(25)26)13-21(20)32(27)28/h7-10,13-14,16H,2-6,11-12,23H2,1H3,(H,25,26)(H,27,28)/p-1. The van der Waals surface area contributed by atoms with E-state index >= 15 is 0 Å². The number of sulfone groups is 1. The van der Waals surface area contributed by atoms with Crippen molar-refractivity contribution in [1.82, 2.24) is 0 Å². The van der Waals surface area contributed by atoms with Gasteiger partial charge in [-0.1, -0.05) is 0 Å². The molecule has 0 bridgehead atoms. The van der Waals surface area contributed by atoms with Crippen LogP contribution in [0.4, 0.5) is 11.4 Å². The van der Waals surface area contributed by atoms with Crippen LogP contribution in [-0.2, 0) is 20.9 Å². The van der Waals surface area contributed by atoms with Crippen LogP contribution in [0.2, 0.25) is 0 Å². The maximum absolute atomic E-state index is 11.8. The van der Waals surface area contributed by atoms with E-state index in [4.69, 9.17) is 15.6 Å². The van der Waals surface area contributed by atoms with Gasteiger partial charge in [-0.3, -0.25) is 4.21 Å². The summed E-state index contributed by atoms with van der Waals surface area (Å²) in [5, 5.41) is 9.05. The number of ether oxygens (including phenoxy) is 1. The lowest BCUT2D eigenvalue weighted by atomic mass is 9.97. The first-order valence-electron chi connectivity index (χ1n) is 10.5. The highest BCUT2D eigenvalue weighted by atomic mass is 32.2. The monoisotopic (exact) mass is 495 g/mol. The van der Waals surface area contributed by atoms with Crippen molar-refractivity contribution in [2.75, 3.05) is 30.0 Å². The average molecular weight is 496 g/mol. The van der Waals surface area contributed by atoms with Gasteiger partial charge in [0.1, 0.15) is 5.75 Å². The summed E-state index contributed by atoms with van der Waals surface area (Å²) in [7, 11) is -3.34. The first-order valence-corrected chi connectivity index (χ1v) is 13.5. The maximum atomic E-state index is 11.8. The van der Waals surface area contributed by atoms with Gasteiger partial charge in [-0.05, 0) is 79.6 Å². The molecule has 1 aliphatic rings. The van der Waals surface area contributed by atoms with Crippen molar-refractivity contribution in [1.29, 1.82) is 0 Å². The minimum Gasteiger partial charge on any atom is -0.768 e. The van der Waals surface area contributed by atoms with Crippen LogP contribution in [-0.4, -0.2) is 53.7 Å². The number of nitrogen functional groups attached to an aromatic ring is 1. The van der Waals surface area contributed by atoms with E-state index in [0.717, 1.165) is 50.2 Å². The second-order valence-electron chi connectivity index (χ2n) is 8.03. The molecule has 3 rings (SSSR count). The Hall–Kier alpha value is -2.63. The molecule has 33 heavy (non-hydrogen) atoms. The minimum absolute atomic E-state index is 0.120. The molecule has 0 aliphatic carbocycles. The molecule has 2 unspecified atom stereocenters. The van der Waals surface area contributed by atoms with Crippen molar-refractivity contribution < 1.29 is 31.8 Å². The van der Waals surface area contributed by atoms with Crippen LogP contribution < -0.4 is 15.4 Å². The summed E-state index contributed by atoms with van der Waals surface area (Å²) >= 11 is -2.62. The molecule has 0 amide bonds. The van der Waals surface area contributed by atoms with Gasteiger partial charge in [0.25, 0.3) is 0 Å². The largest absolute Gasteiger partial charge is 0.768 e. The van der Waals surface area contributed by atoms with E-state index in [-0.39, 0.29) is 33.8 Å². The number of rotatable bonds is 9. The number of hydrogen-bond donors (Lipinski definition) is 2. The topological polar surface area (TPSA) is 150 Å². The fourth-order valence-electron chi connectivity index (χ4n) is 4.03. The zero-order chi connectivity index (χ0) is 24.2. The summed E-state index contributed by atoms with van der Waals surface area (Å²) in [5.41, 5.74) is 7.29. The van der Waals surface area contributed by atoms with Crippen molar-refractivity contribution in [3.8, 4) is 5.75 Å². The van der Waals surface area contributed by atoms with E-state index in [2.05, 4.69) is 4.90 Å². The number of benzene rings is 2. The van der Waals surface area contributed by atoms with Crippen LogP contribution in [0.15, 0.2) is 46.2 Å². The van der Waals surface area contributed by atoms with Gasteiger partial charge in [0, 0.05) is 18.8 Å². The van der Waals surface area contributed by atoms with Gasteiger partial charge in [-0.2, -0.15) is 0 Å². The number of nitrogens with zero attached hydrogens (tertiary/aromatic N) is 1. The van der Waals surface area contributed by atoms with Crippen molar-refractivity contribution in [2.24, 2.45) is 0 Å². The maximum Gasteiger partial charge on any atom is 0.335 e. The van der Waals surface area contributed by atoms with Gasteiger partial charge in [-0.25, -0.2) is 13.2 Å². The molecule has 0 aromatic heterocycles. The Morgan fingerprint density at radius 2 is 2.03 bits per heavy atom. The fraction of sp³-hybridized carbons (Fsp3) is 0.409. The molecule has 180 valence electrons. The predicted molar refractivity (Wildman–Crippen MR) is 124 cm³/mol. The zero-order valence-electron chi connectivity index (χ0n) is 18.2. The van der Waals surface area contributed by atoms with Crippen LogP contribution in [0.3, 0.4) is 0 Å². The Labute approximate surface area is 195 Å². The molecule has 2 aromatic carbocycles. The molecule has 1 saturated heterocycles. The van der Waals surface area contributed by atoms with Gasteiger partial charge >= 0.3 is 5.97 Å². The molecule has 2 atom stereocenters. The summed E-state index contributed by atoms with van der Waals surface area (Å²) in [4.78, 5) is 13.3. The van der Waals surface area contributed by atoms with E-state index in [1.54, 1.807) is 12.1 Å².